The number of benzene rings is 3. The summed E-state index contributed by atoms with van der Waals surface area (Å²) < 4.78 is 0. The van der Waals surface area contributed by atoms with Crippen molar-refractivity contribution in [3.05, 3.63) is 93.4 Å². The van der Waals surface area contributed by atoms with E-state index in [1.54, 1.807) is 0 Å². The standard InChI is InChI=1S/C26H26Cl3N3/c27-19-8-6-18(7-9-19)25(30-23-14-10-20(28)11-15-23)26(31-22-4-2-1-3-5-22)32-24-16-12-21(29)13-17-24/h6-17,22,25,30H,1-5H2,(H,31,32)/t25-/m1/s1. The Labute approximate surface area is 204 Å². The smallest absolute Gasteiger partial charge is 0.128 e. The van der Waals surface area contributed by atoms with Gasteiger partial charge < -0.3 is 10.6 Å². The zero-order valence-electron chi connectivity index (χ0n) is 17.7. The van der Waals surface area contributed by atoms with E-state index in [0.717, 1.165) is 35.6 Å². The lowest BCUT2D eigenvalue weighted by molar-refractivity contribution is 0.442. The van der Waals surface area contributed by atoms with Crippen molar-refractivity contribution >= 4 is 52.0 Å². The van der Waals surface area contributed by atoms with Crippen LogP contribution in [0.4, 0.5) is 11.4 Å². The molecule has 0 radical (unpaired) electrons. The number of nitrogens with one attached hydrogen (secondary N) is 2. The minimum Gasteiger partial charge on any atom is -0.372 e. The van der Waals surface area contributed by atoms with Gasteiger partial charge in [-0.05, 0) is 79.1 Å². The number of anilines is 2. The van der Waals surface area contributed by atoms with Crippen LogP contribution < -0.4 is 10.6 Å². The van der Waals surface area contributed by atoms with E-state index >= 15 is 0 Å². The normalized spacial score (nSPS) is 15.9. The summed E-state index contributed by atoms with van der Waals surface area (Å²) in [5.74, 6) is 0.872. The summed E-state index contributed by atoms with van der Waals surface area (Å²) in [7, 11) is 0. The molecule has 0 aromatic heterocycles. The molecule has 0 saturated heterocycles. The molecule has 0 amide bonds. The molecule has 0 aliphatic heterocycles. The molecule has 3 aromatic rings. The molecule has 4 rings (SSSR count). The highest BCUT2D eigenvalue weighted by Crippen LogP contribution is 2.28. The number of rotatable bonds is 6. The maximum atomic E-state index is 6.18. The van der Waals surface area contributed by atoms with Gasteiger partial charge in [-0.25, -0.2) is 0 Å². The number of amidine groups is 1. The molecule has 3 nitrogen and oxygen atoms in total. The quantitative estimate of drug-likeness (QED) is 0.270. The molecule has 2 N–H and O–H groups in total. The minimum absolute atomic E-state index is 0.189. The summed E-state index contributed by atoms with van der Waals surface area (Å²) in [5, 5.41) is 9.32. The minimum atomic E-state index is -0.189. The molecule has 1 fully saturated rings. The van der Waals surface area contributed by atoms with Gasteiger partial charge in [-0.1, -0.05) is 66.2 Å². The average Bonchev–Trinajstić information content (AvgIpc) is 2.81. The van der Waals surface area contributed by atoms with Gasteiger partial charge in [0.2, 0.25) is 0 Å². The van der Waals surface area contributed by atoms with Crippen LogP contribution in [0.1, 0.15) is 43.7 Å². The molecular formula is C26H26Cl3N3. The predicted molar refractivity (Wildman–Crippen MR) is 139 cm³/mol. The fraction of sp³-hybridized carbons (Fsp3) is 0.269. The summed E-state index contributed by atoms with van der Waals surface area (Å²) in [6.45, 7) is 0. The Balaban J connectivity index is 1.72. The molecule has 0 bridgehead atoms. The van der Waals surface area contributed by atoms with Crippen molar-refractivity contribution in [2.24, 2.45) is 4.99 Å². The SMILES string of the molecule is Clc1ccc(NC(=NC2CCCCC2)[C@H](Nc2ccc(Cl)cc2)c2ccc(Cl)cc2)cc1. The van der Waals surface area contributed by atoms with Crippen molar-refractivity contribution in [3.8, 4) is 0 Å². The third-order valence-corrected chi connectivity index (χ3v) is 6.40. The lowest BCUT2D eigenvalue weighted by Crippen LogP contribution is -2.30. The molecule has 0 spiro atoms. The van der Waals surface area contributed by atoms with Crippen molar-refractivity contribution in [2.45, 2.75) is 44.2 Å². The molecule has 1 atom stereocenters. The number of aliphatic imine (C=N–C) groups is 1. The van der Waals surface area contributed by atoms with Gasteiger partial charge in [0.1, 0.15) is 11.9 Å². The van der Waals surface area contributed by atoms with Crippen molar-refractivity contribution in [2.75, 3.05) is 10.6 Å². The summed E-state index contributed by atoms with van der Waals surface area (Å²) in [4.78, 5) is 5.22. The third kappa shape index (κ3) is 6.41. The topological polar surface area (TPSA) is 36.4 Å². The van der Waals surface area contributed by atoms with Crippen molar-refractivity contribution < 1.29 is 0 Å². The van der Waals surface area contributed by atoms with Gasteiger partial charge in [0.05, 0.1) is 6.04 Å². The lowest BCUT2D eigenvalue weighted by atomic mass is 9.95. The lowest BCUT2D eigenvalue weighted by Gasteiger charge is -2.27. The highest BCUT2D eigenvalue weighted by atomic mass is 35.5. The molecule has 6 heteroatoms. The van der Waals surface area contributed by atoms with Crippen LogP contribution in [-0.2, 0) is 0 Å². The summed E-state index contributed by atoms with van der Waals surface area (Å²) in [6, 6.07) is 23.4. The average molecular weight is 487 g/mol. The Morgan fingerprint density at radius 1 is 0.688 bits per heavy atom. The second kappa shape index (κ2) is 11.1. The van der Waals surface area contributed by atoms with Crippen LogP contribution in [-0.4, -0.2) is 11.9 Å². The largest absolute Gasteiger partial charge is 0.372 e. The third-order valence-electron chi connectivity index (χ3n) is 5.64. The zero-order valence-corrected chi connectivity index (χ0v) is 20.0. The molecular weight excluding hydrogens is 461 g/mol. The highest BCUT2D eigenvalue weighted by Gasteiger charge is 2.22. The first-order chi connectivity index (χ1) is 15.6. The summed E-state index contributed by atoms with van der Waals surface area (Å²) in [6.07, 6.45) is 5.95. The van der Waals surface area contributed by atoms with Crippen molar-refractivity contribution in [1.82, 2.24) is 0 Å². The molecule has 3 aromatic carbocycles. The van der Waals surface area contributed by atoms with Crippen LogP contribution in [0.25, 0.3) is 0 Å². The molecule has 1 aliphatic rings. The van der Waals surface area contributed by atoms with E-state index in [1.807, 2.05) is 72.8 Å². The van der Waals surface area contributed by atoms with E-state index in [2.05, 4.69) is 10.6 Å². The molecule has 32 heavy (non-hydrogen) atoms. The maximum absolute atomic E-state index is 6.18. The number of hydrogen-bond donors (Lipinski definition) is 2. The zero-order chi connectivity index (χ0) is 22.3. The van der Waals surface area contributed by atoms with E-state index in [4.69, 9.17) is 39.8 Å². The Morgan fingerprint density at radius 2 is 1.19 bits per heavy atom. The summed E-state index contributed by atoms with van der Waals surface area (Å²) >= 11 is 18.4. The van der Waals surface area contributed by atoms with Gasteiger partial charge in [0, 0.05) is 26.4 Å². The van der Waals surface area contributed by atoms with Crippen molar-refractivity contribution in [3.63, 3.8) is 0 Å². The van der Waals surface area contributed by atoms with Crippen LogP contribution in [0.5, 0.6) is 0 Å². The predicted octanol–water partition coefficient (Wildman–Crippen LogP) is 8.64. The Morgan fingerprint density at radius 3 is 1.75 bits per heavy atom. The van der Waals surface area contributed by atoms with Crippen molar-refractivity contribution in [1.29, 1.82) is 0 Å². The fourth-order valence-corrected chi connectivity index (χ4v) is 4.32. The van der Waals surface area contributed by atoms with E-state index in [1.165, 1.54) is 19.3 Å². The Hall–Kier alpha value is -2.20. The number of halogens is 3. The van der Waals surface area contributed by atoms with Gasteiger partial charge in [-0.2, -0.15) is 0 Å². The molecule has 1 aliphatic carbocycles. The second-order valence-corrected chi connectivity index (χ2v) is 9.38. The molecule has 0 heterocycles. The first-order valence-electron chi connectivity index (χ1n) is 10.9. The van der Waals surface area contributed by atoms with Crippen LogP contribution >= 0.6 is 34.8 Å². The first kappa shape index (κ1) is 23.0. The van der Waals surface area contributed by atoms with Crippen LogP contribution in [0.2, 0.25) is 15.1 Å². The molecule has 166 valence electrons. The van der Waals surface area contributed by atoms with Crippen LogP contribution in [0.3, 0.4) is 0 Å². The van der Waals surface area contributed by atoms with E-state index in [0.29, 0.717) is 21.1 Å². The van der Waals surface area contributed by atoms with Gasteiger partial charge in [0.25, 0.3) is 0 Å². The Bertz CT molecular complexity index is 1030. The van der Waals surface area contributed by atoms with E-state index in [9.17, 15) is 0 Å². The van der Waals surface area contributed by atoms with Gasteiger partial charge >= 0.3 is 0 Å². The Kier molecular flexibility index (Phi) is 7.96. The van der Waals surface area contributed by atoms with Gasteiger partial charge in [0.15, 0.2) is 0 Å². The van der Waals surface area contributed by atoms with Gasteiger partial charge in [-0.3, -0.25) is 4.99 Å². The molecule has 0 unspecified atom stereocenters. The molecule has 1 saturated carbocycles. The fourth-order valence-electron chi connectivity index (χ4n) is 3.94. The van der Waals surface area contributed by atoms with E-state index in [-0.39, 0.29) is 6.04 Å². The van der Waals surface area contributed by atoms with E-state index < -0.39 is 0 Å². The monoisotopic (exact) mass is 485 g/mol. The second-order valence-electron chi connectivity index (χ2n) is 8.07. The van der Waals surface area contributed by atoms with Gasteiger partial charge in [-0.15, -0.1) is 0 Å². The van der Waals surface area contributed by atoms with Crippen LogP contribution in [0, 0.1) is 0 Å². The first-order valence-corrected chi connectivity index (χ1v) is 12.1. The number of hydrogen-bond acceptors (Lipinski definition) is 2. The highest BCUT2D eigenvalue weighted by molar-refractivity contribution is 6.31. The van der Waals surface area contributed by atoms with Crippen LogP contribution in [0.15, 0.2) is 77.8 Å². The maximum Gasteiger partial charge on any atom is 0.128 e. The number of nitrogens with zero attached hydrogens (tertiary/aromatic N) is 1. The summed E-state index contributed by atoms with van der Waals surface area (Å²) in [5.41, 5.74) is 2.98.